The Hall–Kier alpha value is -2.98. The van der Waals surface area contributed by atoms with Gasteiger partial charge in [-0.2, -0.15) is 0 Å². The standard InChI is InChI=1S/C16H12F5NO5/c1-16(2)5(13(23)26-3)11(14(24)27-4)22(15(16)25)12-9(20)7(18)6(17)8(19)10(12)21/h1-4H3. The Morgan fingerprint density at radius 2 is 1.22 bits per heavy atom. The fraction of sp³-hybridized carbons (Fsp3) is 0.312. The van der Waals surface area contributed by atoms with Crippen LogP contribution in [-0.2, 0) is 23.9 Å². The number of halogens is 5. The van der Waals surface area contributed by atoms with Gasteiger partial charge in [-0.05, 0) is 13.8 Å². The van der Waals surface area contributed by atoms with E-state index in [-0.39, 0.29) is 4.90 Å². The van der Waals surface area contributed by atoms with Crippen LogP contribution in [0.5, 0.6) is 0 Å². The van der Waals surface area contributed by atoms with Crippen LogP contribution in [0.4, 0.5) is 27.6 Å². The van der Waals surface area contributed by atoms with E-state index in [4.69, 9.17) is 0 Å². The summed E-state index contributed by atoms with van der Waals surface area (Å²) < 4.78 is 77.8. The lowest BCUT2D eigenvalue weighted by molar-refractivity contribution is -0.140. The van der Waals surface area contributed by atoms with E-state index in [1.54, 1.807) is 0 Å². The van der Waals surface area contributed by atoms with E-state index in [0.29, 0.717) is 0 Å². The molecule has 11 heteroatoms. The fourth-order valence-electron chi connectivity index (χ4n) is 2.64. The van der Waals surface area contributed by atoms with Crippen LogP contribution in [0.3, 0.4) is 0 Å². The highest BCUT2D eigenvalue weighted by Gasteiger charge is 2.54. The largest absolute Gasteiger partial charge is 0.466 e. The molecule has 2 rings (SSSR count). The number of hydrogen-bond donors (Lipinski definition) is 0. The van der Waals surface area contributed by atoms with Gasteiger partial charge in [0.2, 0.25) is 11.7 Å². The van der Waals surface area contributed by atoms with Gasteiger partial charge in [0.25, 0.3) is 0 Å². The van der Waals surface area contributed by atoms with Crippen molar-refractivity contribution in [2.24, 2.45) is 5.41 Å². The van der Waals surface area contributed by atoms with E-state index < -0.39 is 69.3 Å². The third kappa shape index (κ3) is 2.73. The molecule has 1 aromatic rings. The molecule has 0 aromatic heterocycles. The zero-order chi connectivity index (χ0) is 20.8. The van der Waals surface area contributed by atoms with Crippen LogP contribution >= 0.6 is 0 Å². The number of carbonyl (C=O) groups excluding carboxylic acids is 3. The highest BCUT2D eigenvalue weighted by Crippen LogP contribution is 2.45. The van der Waals surface area contributed by atoms with Gasteiger partial charge in [-0.25, -0.2) is 31.5 Å². The molecule has 0 atom stereocenters. The molecule has 0 fully saturated rings. The molecule has 1 heterocycles. The highest BCUT2D eigenvalue weighted by atomic mass is 19.2. The number of carbonyl (C=O) groups is 3. The fourth-order valence-corrected chi connectivity index (χ4v) is 2.64. The maximum Gasteiger partial charge on any atom is 0.355 e. The summed E-state index contributed by atoms with van der Waals surface area (Å²) in [5.74, 6) is -15.8. The first-order valence-electron chi connectivity index (χ1n) is 7.20. The Bertz CT molecular complexity index is 880. The van der Waals surface area contributed by atoms with Crippen molar-refractivity contribution in [2.45, 2.75) is 13.8 Å². The summed E-state index contributed by atoms with van der Waals surface area (Å²) in [5.41, 5.74) is -5.27. The maximum absolute atomic E-state index is 14.2. The van der Waals surface area contributed by atoms with Crippen LogP contribution in [-0.4, -0.2) is 32.1 Å². The van der Waals surface area contributed by atoms with Crippen LogP contribution in [0.2, 0.25) is 0 Å². The van der Waals surface area contributed by atoms with Crippen molar-refractivity contribution in [3.63, 3.8) is 0 Å². The maximum atomic E-state index is 14.2. The average Bonchev–Trinajstić information content (AvgIpc) is 2.84. The number of nitrogens with zero attached hydrogens (tertiary/aromatic N) is 1. The lowest BCUT2D eigenvalue weighted by atomic mass is 9.85. The number of anilines is 1. The molecule has 1 amide bonds. The van der Waals surface area contributed by atoms with Crippen molar-refractivity contribution in [3.8, 4) is 0 Å². The van der Waals surface area contributed by atoms with E-state index >= 15 is 0 Å². The summed E-state index contributed by atoms with van der Waals surface area (Å²) in [5, 5.41) is 0. The Morgan fingerprint density at radius 3 is 1.63 bits per heavy atom. The van der Waals surface area contributed by atoms with Gasteiger partial charge in [-0.3, -0.25) is 9.69 Å². The summed E-state index contributed by atoms with van der Waals surface area (Å²) >= 11 is 0. The van der Waals surface area contributed by atoms with E-state index in [2.05, 4.69) is 9.47 Å². The lowest BCUT2D eigenvalue weighted by Crippen LogP contribution is -2.37. The highest BCUT2D eigenvalue weighted by molar-refractivity contribution is 6.20. The first-order valence-corrected chi connectivity index (χ1v) is 7.20. The molecule has 6 nitrogen and oxygen atoms in total. The van der Waals surface area contributed by atoms with Crippen LogP contribution in [0.15, 0.2) is 11.3 Å². The molecule has 0 saturated carbocycles. The Morgan fingerprint density at radius 1 is 0.815 bits per heavy atom. The molecular weight excluding hydrogens is 381 g/mol. The first-order chi connectivity index (χ1) is 12.4. The number of benzene rings is 1. The van der Waals surface area contributed by atoms with Crippen LogP contribution < -0.4 is 4.90 Å². The molecule has 0 saturated heterocycles. The van der Waals surface area contributed by atoms with Crippen molar-refractivity contribution in [2.75, 3.05) is 19.1 Å². The Balaban J connectivity index is 2.96. The number of methoxy groups -OCH3 is 2. The zero-order valence-corrected chi connectivity index (χ0v) is 14.4. The van der Waals surface area contributed by atoms with E-state index in [1.165, 1.54) is 0 Å². The molecule has 0 aliphatic carbocycles. The average molecular weight is 393 g/mol. The number of ether oxygens (including phenoxy) is 2. The van der Waals surface area contributed by atoms with Gasteiger partial charge in [-0.15, -0.1) is 0 Å². The summed E-state index contributed by atoms with van der Waals surface area (Å²) in [6.45, 7) is 2.22. The predicted octanol–water partition coefficient (Wildman–Crippen LogP) is 2.36. The molecule has 1 aromatic carbocycles. The van der Waals surface area contributed by atoms with Crippen LogP contribution in [0.1, 0.15) is 13.8 Å². The Kier molecular flexibility index (Phi) is 5.00. The first kappa shape index (κ1) is 20.3. The van der Waals surface area contributed by atoms with Crippen molar-refractivity contribution < 1.29 is 45.8 Å². The molecule has 0 unspecified atom stereocenters. The van der Waals surface area contributed by atoms with Gasteiger partial charge >= 0.3 is 11.9 Å². The second kappa shape index (κ2) is 6.63. The summed E-state index contributed by atoms with van der Waals surface area (Å²) in [4.78, 5) is 36.8. The Labute approximate surface area is 149 Å². The van der Waals surface area contributed by atoms with Gasteiger partial charge in [0, 0.05) is 0 Å². The third-order valence-corrected chi connectivity index (χ3v) is 4.00. The van der Waals surface area contributed by atoms with Crippen molar-refractivity contribution in [1.82, 2.24) is 0 Å². The summed E-state index contributed by atoms with van der Waals surface area (Å²) in [7, 11) is 1.74. The molecular formula is C16H12F5NO5. The van der Waals surface area contributed by atoms with Crippen LogP contribution in [0.25, 0.3) is 0 Å². The lowest BCUT2D eigenvalue weighted by Gasteiger charge is -2.23. The van der Waals surface area contributed by atoms with Crippen LogP contribution in [0, 0.1) is 34.5 Å². The van der Waals surface area contributed by atoms with Crippen molar-refractivity contribution in [3.05, 3.63) is 40.4 Å². The quantitative estimate of drug-likeness (QED) is 0.341. The minimum Gasteiger partial charge on any atom is -0.466 e. The number of rotatable bonds is 3. The van der Waals surface area contributed by atoms with Gasteiger partial charge < -0.3 is 9.47 Å². The zero-order valence-electron chi connectivity index (χ0n) is 14.4. The van der Waals surface area contributed by atoms with E-state index in [1.807, 2.05) is 0 Å². The molecule has 1 aliphatic rings. The number of amides is 1. The number of hydrogen-bond acceptors (Lipinski definition) is 5. The molecule has 0 bridgehead atoms. The van der Waals surface area contributed by atoms with Gasteiger partial charge in [0.15, 0.2) is 23.3 Å². The molecule has 0 N–H and O–H groups in total. The molecule has 27 heavy (non-hydrogen) atoms. The number of esters is 2. The molecule has 146 valence electrons. The van der Waals surface area contributed by atoms with Gasteiger partial charge in [0.05, 0.1) is 25.2 Å². The second-order valence-corrected chi connectivity index (χ2v) is 5.89. The monoisotopic (exact) mass is 393 g/mol. The van der Waals surface area contributed by atoms with Crippen molar-refractivity contribution >= 4 is 23.5 Å². The topological polar surface area (TPSA) is 72.9 Å². The van der Waals surface area contributed by atoms with Gasteiger partial charge in [0.1, 0.15) is 11.4 Å². The normalized spacial score (nSPS) is 16.0. The minimum absolute atomic E-state index is 0.0612. The third-order valence-electron chi connectivity index (χ3n) is 4.00. The summed E-state index contributed by atoms with van der Waals surface area (Å²) in [6, 6.07) is 0. The minimum atomic E-state index is -2.45. The van der Waals surface area contributed by atoms with E-state index in [0.717, 1.165) is 28.1 Å². The molecule has 0 spiro atoms. The smallest absolute Gasteiger partial charge is 0.355 e. The SMILES string of the molecule is COC(=O)C1=C(C(=O)OC)C(C)(C)C(=O)N1c1c(F)c(F)c(F)c(F)c1F. The van der Waals surface area contributed by atoms with Gasteiger partial charge in [-0.1, -0.05) is 0 Å². The molecule has 1 aliphatic heterocycles. The van der Waals surface area contributed by atoms with E-state index in [9.17, 15) is 36.3 Å². The summed E-state index contributed by atoms with van der Waals surface area (Å²) in [6.07, 6.45) is 0. The molecule has 0 radical (unpaired) electrons. The second-order valence-electron chi connectivity index (χ2n) is 5.89. The van der Waals surface area contributed by atoms with Crippen molar-refractivity contribution in [1.29, 1.82) is 0 Å². The predicted molar refractivity (Wildman–Crippen MR) is 78.6 cm³/mol.